The topological polar surface area (TPSA) is 23.6 Å². The molecule has 0 aromatic rings. The summed E-state index contributed by atoms with van der Waals surface area (Å²) in [4.78, 5) is 15.6. The summed E-state index contributed by atoms with van der Waals surface area (Å²) in [6.45, 7) is 5.89. The zero-order chi connectivity index (χ0) is 10.6. The monoisotopic (exact) mass is 218 g/mol. The van der Waals surface area contributed by atoms with Crippen molar-refractivity contribution in [2.24, 2.45) is 5.92 Å². The van der Waals surface area contributed by atoms with Gasteiger partial charge in [-0.05, 0) is 32.9 Å². The fourth-order valence-corrected chi connectivity index (χ4v) is 2.15. The molecule has 4 heteroatoms. The van der Waals surface area contributed by atoms with Crippen molar-refractivity contribution in [1.29, 1.82) is 0 Å². The van der Waals surface area contributed by atoms with Gasteiger partial charge in [0.25, 0.3) is 0 Å². The van der Waals surface area contributed by atoms with E-state index >= 15 is 0 Å². The zero-order valence-electron chi connectivity index (χ0n) is 9.00. The molecule has 0 aliphatic carbocycles. The van der Waals surface area contributed by atoms with Gasteiger partial charge in [0.15, 0.2) is 0 Å². The molecule has 1 aliphatic heterocycles. The van der Waals surface area contributed by atoms with Crippen molar-refractivity contribution in [3.05, 3.63) is 0 Å². The predicted octanol–water partition coefficient (Wildman–Crippen LogP) is 1.03. The number of amides is 1. The number of carbonyl (C=O) groups is 1. The second-order valence-electron chi connectivity index (χ2n) is 3.98. The molecule has 0 bridgehead atoms. The number of likely N-dealkylation sites (tertiary alicyclic amines) is 1. The van der Waals surface area contributed by atoms with Crippen LogP contribution in [0.5, 0.6) is 0 Å². The van der Waals surface area contributed by atoms with Crippen molar-refractivity contribution in [3.8, 4) is 0 Å². The van der Waals surface area contributed by atoms with E-state index in [1.54, 1.807) is 0 Å². The van der Waals surface area contributed by atoms with Gasteiger partial charge in [-0.25, -0.2) is 0 Å². The van der Waals surface area contributed by atoms with Gasteiger partial charge in [0, 0.05) is 19.6 Å². The number of hydrogen-bond acceptors (Lipinski definition) is 2. The lowest BCUT2D eigenvalue weighted by Gasteiger charge is -2.23. The molecule has 1 atom stereocenters. The Labute approximate surface area is 91.0 Å². The van der Waals surface area contributed by atoms with Crippen molar-refractivity contribution in [1.82, 2.24) is 9.80 Å². The number of carbonyl (C=O) groups excluding carboxylic acids is 1. The first kappa shape index (κ1) is 11.8. The minimum atomic E-state index is 0.0590. The van der Waals surface area contributed by atoms with Crippen molar-refractivity contribution in [2.75, 3.05) is 39.1 Å². The van der Waals surface area contributed by atoms with Crippen LogP contribution in [0, 0.1) is 5.92 Å². The standard InChI is InChI=1S/C10H19ClN2O/c1-3-13(10(14)6-11)8-9-4-5-12(2)7-9/h9H,3-8H2,1-2H3/t9-/m1/s1. The highest BCUT2D eigenvalue weighted by Crippen LogP contribution is 2.15. The summed E-state index contributed by atoms with van der Waals surface area (Å²) < 4.78 is 0. The second-order valence-corrected chi connectivity index (χ2v) is 4.25. The van der Waals surface area contributed by atoms with Gasteiger partial charge < -0.3 is 9.80 Å². The van der Waals surface area contributed by atoms with Crippen LogP contribution in [-0.4, -0.2) is 54.8 Å². The van der Waals surface area contributed by atoms with Gasteiger partial charge in [-0.1, -0.05) is 0 Å². The molecule has 3 nitrogen and oxygen atoms in total. The Balaban J connectivity index is 2.36. The van der Waals surface area contributed by atoms with Crippen LogP contribution in [0.1, 0.15) is 13.3 Å². The van der Waals surface area contributed by atoms with Gasteiger partial charge in [0.1, 0.15) is 5.88 Å². The van der Waals surface area contributed by atoms with Crippen LogP contribution in [0.2, 0.25) is 0 Å². The van der Waals surface area contributed by atoms with Crippen molar-refractivity contribution in [3.63, 3.8) is 0 Å². The molecule has 0 saturated carbocycles. The molecule has 1 rings (SSSR count). The van der Waals surface area contributed by atoms with E-state index in [1.165, 1.54) is 6.42 Å². The van der Waals surface area contributed by atoms with Gasteiger partial charge in [-0.3, -0.25) is 4.79 Å². The van der Waals surface area contributed by atoms with E-state index in [0.29, 0.717) is 5.92 Å². The number of rotatable bonds is 4. The van der Waals surface area contributed by atoms with Crippen LogP contribution < -0.4 is 0 Å². The maximum atomic E-state index is 11.4. The van der Waals surface area contributed by atoms with E-state index in [0.717, 1.165) is 26.2 Å². The normalized spacial score (nSPS) is 22.6. The molecule has 14 heavy (non-hydrogen) atoms. The van der Waals surface area contributed by atoms with Crippen LogP contribution in [-0.2, 0) is 4.79 Å². The Morgan fingerprint density at radius 1 is 1.64 bits per heavy atom. The Kier molecular flexibility index (Phi) is 4.69. The summed E-state index contributed by atoms with van der Waals surface area (Å²) in [5, 5.41) is 0. The summed E-state index contributed by atoms with van der Waals surface area (Å²) >= 11 is 5.54. The molecule has 0 aromatic heterocycles. The predicted molar refractivity (Wildman–Crippen MR) is 58.6 cm³/mol. The third-order valence-electron chi connectivity index (χ3n) is 2.82. The lowest BCUT2D eigenvalue weighted by molar-refractivity contribution is -0.128. The lowest BCUT2D eigenvalue weighted by Crippen LogP contribution is -2.36. The van der Waals surface area contributed by atoms with Gasteiger partial charge in [0.2, 0.25) is 5.91 Å². The zero-order valence-corrected chi connectivity index (χ0v) is 9.76. The summed E-state index contributed by atoms with van der Waals surface area (Å²) in [5.41, 5.74) is 0. The minimum absolute atomic E-state index is 0.0590. The van der Waals surface area contributed by atoms with Crippen molar-refractivity contribution < 1.29 is 4.79 Å². The van der Waals surface area contributed by atoms with Crippen molar-refractivity contribution >= 4 is 17.5 Å². The summed E-state index contributed by atoms with van der Waals surface area (Å²) in [6.07, 6.45) is 1.20. The van der Waals surface area contributed by atoms with E-state index < -0.39 is 0 Å². The first-order chi connectivity index (χ1) is 6.67. The SMILES string of the molecule is CCN(C[C@@H]1CCN(C)C1)C(=O)CCl. The number of alkyl halides is 1. The Morgan fingerprint density at radius 3 is 2.79 bits per heavy atom. The van der Waals surface area contributed by atoms with E-state index in [-0.39, 0.29) is 11.8 Å². The number of halogens is 1. The molecule has 1 heterocycles. The summed E-state index contributed by atoms with van der Waals surface area (Å²) in [5.74, 6) is 0.798. The molecule has 0 spiro atoms. The molecule has 0 N–H and O–H groups in total. The quantitative estimate of drug-likeness (QED) is 0.658. The Hall–Kier alpha value is -0.280. The van der Waals surface area contributed by atoms with Crippen LogP contribution in [0.15, 0.2) is 0 Å². The van der Waals surface area contributed by atoms with E-state index in [1.807, 2.05) is 11.8 Å². The van der Waals surface area contributed by atoms with Gasteiger partial charge >= 0.3 is 0 Å². The highest BCUT2D eigenvalue weighted by Gasteiger charge is 2.23. The molecule has 0 unspecified atom stereocenters. The fraction of sp³-hybridized carbons (Fsp3) is 0.900. The first-order valence-electron chi connectivity index (χ1n) is 5.19. The maximum absolute atomic E-state index is 11.4. The summed E-state index contributed by atoms with van der Waals surface area (Å²) in [7, 11) is 2.12. The number of hydrogen-bond donors (Lipinski definition) is 0. The van der Waals surface area contributed by atoms with E-state index in [4.69, 9.17) is 11.6 Å². The average Bonchev–Trinajstić information content (AvgIpc) is 2.59. The largest absolute Gasteiger partial charge is 0.342 e. The van der Waals surface area contributed by atoms with Crippen LogP contribution in [0.3, 0.4) is 0 Å². The Bertz CT molecular complexity index is 199. The van der Waals surface area contributed by atoms with Crippen LogP contribution in [0.4, 0.5) is 0 Å². The van der Waals surface area contributed by atoms with E-state index in [9.17, 15) is 4.79 Å². The lowest BCUT2D eigenvalue weighted by atomic mass is 10.1. The van der Waals surface area contributed by atoms with E-state index in [2.05, 4.69) is 11.9 Å². The molecule has 1 amide bonds. The average molecular weight is 219 g/mol. The summed E-state index contributed by atoms with van der Waals surface area (Å²) in [6, 6.07) is 0. The van der Waals surface area contributed by atoms with Gasteiger partial charge in [-0.15, -0.1) is 11.6 Å². The molecular weight excluding hydrogens is 200 g/mol. The molecule has 1 aliphatic rings. The maximum Gasteiger partial charge on any atom is 0.237 e. The molecule has 0 radical (unpaired) electrons. The fourth-order valence-electron chi connectivity index (χ4n) is 1.98. The molecule has 82 valence electrons. The highest BCUT2D eigenvalue weighted by molar-refractivity contribution is 6.27. The smallest absolute Gasteiger partial charge is 0.237 e. The van der Waals surface area contributed by atoms with Gasteiger partial charge in [0.05, 0.1) is 0 Å². The van der Waals surface area contributed by atoms with Crippen LogP contribution >= 0.6 is 11.6 Å². The third-order valence-corrected chi connectivity index (χ3v) is 3.04. The number of nitrogens with zero attached hydrogens (tertiary/aromatic N) is 2. The van der Waals surface area contributed by atoms with Crippen molar-refractivity contribution in [2.45, 2.75) is 13.3 Å². The first-order valence-corrected chi connectivity index (χ1v) is 5.73. The molecule has 1 fully saturated rings. The highest BCUT2D eigenvalue weighted by atomic mass is 35.5. The third kappa shape index (κ3) is 3.14. The Morgan fingerprint density at radius 2 is 2.36 bits per heavy atom. The van der Waals surface area contributed by atoms with Gasteiger partial charge in [-0.2, -0.15) is 0 Å². The molecule has 1 saturated heterocycles. The molecule has 0 aromatic carbocycles. The minimum Gasteiger partial charge on any atom is -0.342 e. The molecular formula is C10H19ClN2O. The second kappa shape index (κ2) is 5.56. The van der Waals surface area contributed by atoms with Crippen LogP contribution in [0.25, 0.3) is 0 Å².